The van der Waals surface area contributed by atoms with Crippen LogP contribution in [0.15, 0.2) is 47.1 Å². The highest BCUT2D eigenvalue weighted by atomic mass is 127. The Balaban J connectivity index is 1.99. The van der Waals surface area contributed by atoms with E-state index in [4.69, 9.17) is 18.9 Å². The quantitative estimate of drug-likeness (QED) is 0.274. The Labute approximate surface area is 175 Å². The van der Waals surface area contributed by atoms with Crippen molar-refractivity contribution >= 4 is 46.5 Å². The van der Waals surface area contributed by atoms with Gasteiger partial charge in [0.05, 0.1) is 14.2 Å². The van der Waals surface area contributed by atoms with Crippen molar-refractivity contribution in [3.05, 3.63) is 56.8 Å². The predicted molar refractivity (Wildman–Crippen MR) is 111 cm³/mol. The first-order valence-electron chi connectivity index (χ1n) is 8.14. The van der Waals surface area contributed by atoms with Crippen molar-refractivity contribution in [2.45, 2.75) is 6.92 Å². The van der Waals surface area contributed by atoms with E-state index in [1.807, 2.05) is 24.3 Å². The zero-order valence-corrected chi connectivity index (χ0v) is 17.5. The minimum absolute atomic E-state index is 0.137. The molecule has 2 aromatic rings. The molecule has 0 unspecified atom stereocenters. The molecule has 0 fully saturated rings. The van der Waals surface area contributed by atoms with Gasteiger partial charge in [0.1, 0.15) is 0 Å². The number of nitrogens with zero attached hydrogens (tertiary/aromatic N) is 1. The van der Waals surface area contributed by atoms with E-state index in [0.29, 0.717) is 11.1 Å². The molecule has 0 saturated carbocycles. The Morgan fingerprint density at radius 3 is 2.25 bits per heavy atom. The van der Waals surface area contributed by atoms with Gasteiger partial charge in [0, 0.05) is 16.1 Å². The average molecular weight is 493 g/mol. The number of methoxy groups -OCH3 is 2. The van der Waals surface area contributed by atoms with Crippen LogP contribution in [-0.2, 0) is 14.3 Å². The van der Waals surface area contributed by atoms with Gasteiger partial charge in [-0.3, -0.25) is 4.79 Å². The van der Waals surface area contributed by atoms with E-state index < -0.39 is 11.9 Å². The second-order valence-corrected chi connectivity index (χ2v) is 6.94. The van der Waals surface area contributed by atoms with Gasteiger partial charge in [-0.2, -0.15) is 0 Å². The standard InChI is InChI=1S/C20H16INO6/c1-11(23)27-18-16(25-2)9-12(10-17(18)26-3)8-15-20(24)28-19(22-15)13-4-6-14(21)7-5-13/h4-10H,1-3H3/b15-8+. The van der Waals surface area contributed by atoms with Gasteiger partial charge in [-0.15, -0.1) is 0 Å². The predicted octanol–water partition coefficient (Wildman–Crippen LogP) is 3.58. The largest absolute Gasteiger partial charge is 0.493 e. The maximum Gasteiger partial charge on any atom is 0.363 e. The highest BCUT2D eigenvalue weighted by molar-refractivity contribution is 14.1. The molecule has 0 spiro atoms. The molecule has 28 heavy (non-hydrogen) atoms. The van der Waals surface area contributed by atoms with E-state index in [1.54, 1.807) is 18.2 Å². The monoisotopic (exact) mass is 493 g/mol. The molecular formula is C20H16INO6. The summed E-state index contributed by atoms with van der Waals surface area (Å²) in [6, 6.07) is 10.7. The molecule has 144 valence electrons. The molecular weight excluding hydrogens is 477 g/mol. The van der Waals surface area contributed by atoms with Crippen LogP contribution in [0, 0.1) is 3.57 Å². The van der Waals surface area contributed by atoms with Gasteiger partial charge in [-0.1, -0.05) is 0 Å². The van der Waals surface area contributed by atoms with Crippen LogP contribution in [0.2, 0.25) is 0 Å². The summed E-state index contributed by atoms with van der Waals surface area (Å²) in [4.78, 5) is 27.8. The molecule has 0 bridgehead atoms. The highest BCUT2D eigenvalue weighted by Gasteiger charge is 2.25. The summed E-state index contributed by atoms with van der Waals surface area (Å²) < 4.78 is 22.1. The van der Waals surface area contributed by atoms with E-state index in [0.717, 1.165) is 3.57 Å². The molecule has 0 aliphatic carbocycles. The van der Waals surface area contributed by atoms with Crippen molar-refractivity contribution in [3.63, 3.8) is 0 Å². The molecule has 1 heterocycles. The molecule has 0 aromatic heterocycles. The van der Waals surface area contributed by atoms with Gasteiger partial charge in [-0.25, -0.2) is 9.79 Å². The Bertz CT molecular complexity index is 969. The summed E-state index contributed by atoms with van der Waals surface area (Å²) in [7, 11) is 2.88. The Morgan fingerprint density at radius 1 is 1.11 bits per heavy atom. The second-order valence-electron chi connectivity index (χ2n) is 5.69. The van der Waals surface area contributed by atoms with Gasteiger partial charge in [-0.05, 0) is 70.6 Å². The van der Waals surface area contributed by atoms with Crippen molar-refractivity contribution in [2.24, 2.45) is 4.99 Å². The normalized spacial score (nSPS) is 14.5. The third kappa shape index (κ3) is 4.33. The summed E-state index contributed by atoms with van der Waals surface area (Å²) in [5.74, 6) is -0.0894. The Morgan fingerprint density at radius 2 is 1.71 bits per heavy atom. The van der Waals surface area contributed by atoms with Crippen LogP contribution in [0.25, 0.3) is 6.08 Å². The lowest BCUT2D eigenvalue weighted by Crippen LogP contribution is -2.05. The number of esters is 2. The number of rotatable bonds is 5. The third-order valence-electron chi connectivity index (χ3n) is 3.74. The van der Waals surface area contributed by atoms with E-state index in [2.05, 4.69) is 27.6 Å². The fourth-order valence-electron chi connectivity index (χ4n) is 2.51. The molecule has 8 heteroatoms. The van der Waals surface area contributed by atoms with Gasteiger partial charge >= 0.3 is 11.9 Å². The first-order chi connectivity index (χ1) is 13.4. The number of carbonyl (C=O) groups is 2. The molecule has 0 N–H and O–H groups in total. The molecule has 0 saturated heterocycles. The first-order valence-corrected chi connectivity index (χ1v) is 9.22. The SMILES string of the molecule is COc1cc(/C=C2/N=C(c3ccc(I)cc3)OC2=O)cc(OC)c1OC(C)=O. The van der Waals surface area contributed by atoms with Crippen LogP contribution in [0.4, 0.5) is 0 Å². The molecule has 1 aliphatic heterocycles. The minimum Gasteiger partial charge on any atom is -0.493 e. The van der Waals surface area contributed by atoms with Crippen LogP contribution in [0.5, 0.6) is 17.2 Å². The second kappa shape index (κ2) is 8.42. The molecule has 2 aromatic carbocycles. The van der Waals surface area contributed by atoms with Crippen LogP contribution in [0.3, 0.4) is 0 Å². The smallest absolute Gasteiger partial charge is 0.363 e. The Kier molecular flexibility index (Phi) is 5.98. The van der Waals surface area contributed by atoms with Crippen molar-refractivity contribution in [1.29, 1.82) is 0 Å². The van der Waals surface area contributed by atoms with Crippen molar-refractivity contribution < 1.29 is 28.5 Å². The average Bonchev–Trinajstić information content (AvgIpc) is 3.03. The summed E-state index contributed by atoms with van der Waals surface area (Å²) in [6.45, 7) is 1.28. The van der Waals surface area contributed by atoms with Crippen LogP contribution >= 0.6 is 22.6 Å². The maximum absolute atomic E-state index is 12.2. The molecule has 0 atom stereocenters. The van der Waals surface area contributed by atoms with Gasteiger partial charge in [0.25, 0.3) is 0 Å². The van der Waals surface area contributed by atoms with E-state index >= 15 is 0 Å². The highest BCUT2D eigenvalue weighted by Crippen LogP contribution is 2.39. The molecule has 0 radical (unpaired) electrons. The number of hydrogen-bond donors (Lipinski definition) is 0. The number of ether oxygens (including phenoxy) is 4. The minimum atomic E-state index is -0.560. The van der Waals surface area contributed by atoms with Crippen molar-refractivity contribution in [1.82, 2.24) is 0 Å². The number of aliphatic imine (C=N–C) groups is 1. The van der Waals surface area contributed by atoms with E-state index in [9.17, 15) is 9.59 Å². The third-order valence-corrected chi connectivity index (χ3v) is 4.46. The van der Waals surface area contributed by atoms with Crippen LogP contribution < -0.4 is 14.2 Å². The number of benzene rings is 2. The van der Waals surface area contributed by atoms with Crippen LogP contribution in [-0.4, -0.2) is 32.1 Å². The molecule has 3 rings (SSSR count). The number of hydrogen-bond acceptors (Lipinski definition) is 7. The van der Waals surface area contributed by atoms with Gasteiger partial charge in [0.15, 0.2) is 17.2 Å². The lowest BCUT2D eigenvalue weighted by atomic mass is 10.1. The maximum atomic E-state index is 12.2. The van der Waals surface area contributed by atoms with E-state index in [-0.39, 0.29) is 28.8 Å². The Hall–Kier alpha value is -2.88. The first kappa shape index (κ1) is 19.9. The summed E-state index contributed by atoms with van der Waals surface area (Å²) >= 11 is 2.19. The van der Waals surface area contributed by atoms with Crippen LogP contribution in [0.1, 0.15) is 18.1 Å². The lowest BCUT2D eigenvalue weighted by Gasteiger charge is -2.13. The zero-order valence-electron chi connectivity index (χ0n) is 15.3. The van der Waals surface area contributed by atoms with Gasteiger partial charge in [0.2, 0.25) is 11.6 Å². The number of carbonyl (C=O) groups excluding carboxylic acids is 2. The summed E-state index contributed by atoms with van der Waals surface area (Å²) in [5.41, 5.74) is 1.42. The van der Waals surface area contributed by atoms with Gasteiger partial charge < -0.3 is 18.9 Å². The van der Waals surface area contributed by atoms with E-state index in [1.165, 1.54) is 21.1 Å². The fourth-order valence-corrected chi connectivity index (χ4v) is 2.87. The lowest BCUT2D eigenvalue weighted by molar-refractivity contribution is -0.132. The summed E-state index contributed by atoms with van der Waals surface area (Å²) in [6.07, 6.45) is 1.55. The number of cyclic esters (lactones) is 1. The number of halogens is 1. The zero-order chi connectivity index (χ0) is 20.3. The van der Waals surface area contributed by atoms with Crippen molar-refractivity contribution in [2.75, 3.05) is 14.2 Å². The molecule has 1 aliphatic rings. The molecule has 0 amide bonds. The topological polar surface area (TPSA) is 83.4 Å². The van der Waals surface area contributed by atoms with Crippen molar-refractivity contribution in [3.8, 4) is 17.2 Å². The summed E-state index contributed by atoms with van der Waals surface area (Å²) in [5, 5.41) is 0. The molecule has 7 nitrogen and oxygen atoms in total. The fraction of sp³-hybridized carbons (Fsp3) is 0.150.